The van der Waals surface area contributed by atoms with Crippen LogP contribution >= 0.6 is 0 Å². The first kappa shape index (κ1) is 21.6. The number of nitrogens with one attached hydrogen (secondary N) is 2. The van der Waals surface area contributed by atoms with E-state index in [1.165, 1.54) is 12.1 Å². The molecule has 7 heteroatoms. The van der Waals surface area contributed by atoms with Crippen LogP contribution in [0.4, 0.5) is 24.5 Å². The summed E-state index contributed by atoms with van der Waals surface area (Å²) < 4.78 is 40.3. The average Bonchev–Trinajstić information content (AvgIpc) is 2.94. The number of carbonyl (C=O) groups is 1. The van der Waals surface area contributed by atoms with Gasteiger partial charge in [-0.2, -0.15) is 13.2 Å². The van der Waals surface area contributed by atoms with E-state index in [1.807, 2.05) is 60.4 Å². The number of anilines is 2. The Bertz CT molecular complexity index is 1150. The first-order chi connectivity index (χ1) is 15.4. The van der Waals surface area contributed by atoms with Crippen molar-refractivity contribution in [3.05, 3.63) is 94.5 Å². The van der Waals surface area contributed by atoms with E-state index in [0.29, 0.717) is 29.9 Å². The third-order valence-corrected chi connectivity index (χ3v) is 5.25. The summed E-state index contributed by atoms with van der Waals surface area (Å²) in [6.07, 6.45) is -0.685. The molecule has 0 radical (unpaired) electrons. The Balaban J connectivity index is 1.71. The maximum atomic E-state index is 13.4. The summed E-state index contributed by atoms with van der Waals surface area (Å²) in [5, 5.41) is 0. The lowest BCUT2D eigenvalue weighted by Gasteiger charge is -2.28. The SMILES string of the molecule is CCNNC(=O)c1ccc(CN2c3ccccc3C=Cc3ccc(C(F)(F)F)cc32)cc1. The van der Waals surface area contributed by atoms with Gasteiger partial charge in [0, 0.05) is 30.0 Å². The van der Waals surface area contributed by atoms with Gasteiger partial charge in [0.1, 0.15) is 0 Å². The third-order valence-electron chi connectivity index (χ3n) is 5.25. The molecule has 0 aliphatic carbocycles. The molecule has 1 amide bonds. The quantitative estimate of drug-likeness (QED) is 0.497. The largest absolute Gasteiger partial charge is 0.416 e. The number of hydrogen-bond acceptors (Lipinski definition) is 3. The molecule has 0 aromatic heterocycles. The molecule has 0 atom stereocenters. The van der Waals surface area contributed by atoms with Crippen molar-refractivity contribution in [2.24, 2.45) is 0 Å². The lowest BCUT2D eigenvalue weighted by atomic mass is 10.1. The van der Waals surface area contributed by atoms with E-state index in [0.717, 1.165) is 22.9 Å². The Kier molecular flexibility index (Phi) is 6.01. The number of nitrogens with zero attached hydrogens (tertiary/aromatic N) is 1. The molecule has 1 aliphatic rings. The molecule has 2 N–H and O–H groups in total. The zero-order valence-corrected chi connectivity index (χ0v) is 17.4. The minimum atomic E-state index is -4.43. The molecule has 1 aliphatic heterocycles. The van der Waals surface area contributed by atoms with Crippen molar-refractivity contribution in [2.45, 2.75) is 19.6 Å². The lowest BCUT2D eigenvalue weighted by Crippen LogP contribution is -2.37. The van der Waals surface area contributed by atoms with Gasteiger partial charge in [-0.3, -0.25) is 10.2 Å². The van der Waals surface area contributed by atoms with Gasteiger partial charge in [0.25, 0.3) is 5.91 Å². The van der Waals surface area contributed by atoms with E-state index < -0.39 is 11.7 Å². The van der Waals surface area contributed by atoms with Crippen LogP contribution in [-0.4, -0.2) is 12.5 Å². The van der Waals surface area contributed by atoms with Crippen molar-refractivity contribution in [2.75, 3.05) is 11.4 Å². The minimum absolute atomic E-state index is 0.247. The van der Waals surface area contributed by atoms with Gasteiger partial charge in [-0.15, -0.1) is 0 Å². The van der Waals surface area contributed by atoms with Gasteiger partial charge in [0.2, 0.25) is 0 Å². The summed E-state index contributed by atoms with van der Waals surface area (Å²) in [7, 11) is 0. The van der Waals surface area contributed by atoms with Crippen LogP contribution in [-0.2, 0) is 12.7 Å². The van der Waals surface area contributed by atoms with Gasteiger partial charge in [-0.1, -0.05) is 55.5 Å². The topological polar surface area (TPSA) is 44.4 Å². The van der Waals surface area contributed by atoms with Gasteiger partial charge in [-0.25, -0.2) is 5.43 Å². The Hall–Kier alpha value is -3.58. The second kappa shape index (κ2) is 8.88. The van der Waals surface area contributed by atoms with E-state index in [2.05, 4.69) is 10.9 Å². The highest BCUT2D eigenvalue weighted by molar-refractivity contribution is 5.94. The van der Waals surface area contributed by atoms with Gasteiger partial charge in [0.05, 0.1) is 5.56 Å². The second-order valence-corrected chi connectivity index (χ2v) is 7.43. The molecule has 0 saturated heterocycles. The van der Waals surface area contributed by atoms with Crippen LogP contribution in [0, 0.1) is 0 Å². The molecule has 164 valence electrons. The smallest absolute Gasteiger partial charge is 0.336 e. The highest BCUT2D eigenvalue weighted by Crippen LogP contribution is 2.40. The number of hydrazine groups is 1. The number of amides is 1. The standard InChI is InChI=1S/C25H22F3N3O/c1-2-29-30-24(32)20-9-7-17(8-10-20)16-31-22-6-4-3-5-18(22)11-12-19-13-14-21(15-23(19)31)25(26,27)28/h3-15,29H,2,16H2,1H3,(H,30,32). The Morgan fingerprint density at radius 3 is 2.28 bits per heavy atom. The third kappa shape index (κ3) is 4.53. The molecule has 0 saturated carbocycles. The number of benzene rings is 3. The fraction of sp³-hybridized carbons (Fsp3) is 0.160. The number of halogens is 3. The summed E-state index contributed by atoms with van der Waals surface area (Å²) in [5.74, 6) is -0.247. The Morgan fingerprint density at radius 2 is 1.59 bits per heavy atom. The van der Waals surface area contributed by atoms with Gasteiger partial charge in [0.15, 0.2) is 0 Å². The van der Waals surface area contributed by atoms with Crippen LogP contribution in [0.15, 0.2) is 66.7 Å². The first-order valence-corrected chi connectivity index (χ1v) is 10.2. The van der Waals surface area contributed by atoms with Crippen molar-refractivity contribution in [1.29, 1.82) is 0 Å². The van der Waals surface area contributed by atoms with Crippen LogP contribution in [0.5, 0.6) is 0 Å². The molecule has 3 aromatic carbocycles. The van der Waals surface area contributed by atoms with Crippen molar-refractivity contribution < 1.29 is 18.0 Å². The first-order valence-electron chi connectivity index (χ1n) is 10.2. The van der Waals surface area contributed by atoms with Crippen LogP contribution in [0.2, 0.25) is 0 Å². The van der Waals surface area contributed by atoms with E-state index in [-0.39, 0.29) is 5.91 Å². The zero-order chi connectivity index (χ0) is 22.7. The summed E-state index contributed by atoms with van der Waals surface area (Å²) >= 11 is 0. The van der Waals surface area contributed by atoms with E-state index in [4.69, 9.17) is 0 Å². The number of carbonyl (C=O) groups excluding carboxylic acids is 1. The molecule has 0 unspecified atom stereocenters. The maximum absolute atomic E-state index is 13.4. The molecule has 4 nitrogen and oxygen atoms in total. The van der Waals surface area contributed by atoms with Crippen LogP contribution in [0.25, 0.3) is 12.2 Å². The van der Waals surface area contributed by atoms with Gasteiger partial charge < -0.3 is 4.90 Å². The van der Waals surface area contributed by atoms with Crippen LogP contribution < -0.4 is 15.8 Å². The number of rotatable bonds is 5. The predicted octanol–water partition coefficient (Wildman–Crippen LogP) is 5.78. The minimum Gasteiger partial charge on any atom is -0.336 e. The predicted molar refractivity (Wildman–Crippen MR) is 120 cm³/mol. The Labute approximate surface area is 184 Å². The van der Waals surface area contributed by atoms with Gasteiger partial charge in [-0.05, 0) is 47.0 Å². The van der Waals surface area contributed by atoms with Crippen molar-refractivity contribution in [1.82, 2.24) is 10.9 Å². The fourth-order valence-corrected chi connectivity index (χ4v) is 3.63. The monoisotopic (exact) mass is 437 g/mol. The molecule has 0 spiro atoms. The molecule has 4 rings (SSSR count). The van der Waals surface area contributed by atoms with Crippen molar-refractivity contribution in [3.63, 3.8) is 0 Å². The molecule has 32 heavy (non-hydrogen) atoms. The van der Waals surface area contributed by atoms with E-state index in [1.54, 1.807) is 12.1 Å². The number of hydrogen-bond donors (Lipinski definition) is 2. The van der Waals surface area contributed by atoms with Crippen LogP contribution in [0.1, 0.15) is 39.5 Å². The number of para-hydroxylation sites is 1. The number of alkyl halides is 3. The lowest BCUT2D eigenvalue weighted by molar-refractivity contribution is -0.137. The maximum Gasteiger partial charge on any atom is 0.416 e. The van der Waals surface area contributed by atoms with Gasteiger partial charge >= 0.3 is 6.18 Å². The summed E-state index contributed by atoms with van der Waals surface area (Å²) in [4.78, 5) is 14.0. The summed E-state index contributed by atoms with van der Waals surface area (Å²) in [5.41, 5.74) is 8.94. The molecular formula is C25H22F3N3O. The van der Waals surface area contributed by atoms with E-state index in [9.17, 15) is 18.0 Å². The molecule has 0 bridgehead atoms. The molecular weight excluding hydrogens is 415 g/mol. The molecule has 1 heterocycles. The molecule has 3 aromatic rings. The zero-order valence-electron chi connectivity index (χ0n) is 17.4. The highest BCUT2D eigenvalue weighted by atomic mass is 19.4. The summed E-state index contributed by atoms with van der Waals surface area (Å²) in [6, 6.07) is 18.4. The normalized spacial score (nSPS) is 12.7. The molecule has 0 fully saturated rings. The van der Waals surface area contributed by atoms with Crippen molar-refractivity contribution in [3.8, 4) is 0 Å². The summed E-state index contributed by atoms with van der Waals surface area (Å²) in [6.45, 7) is 2.83. The van der Waals surface area contributed by atoms with E-state index >= 15 is 0 Å². The second-order valence-electron chi connectivity index (χ2n) is 7.43. The average molecular weight is 437 g/mol. The number of fused-ring (bicyclic) bond motifs is 2. The van der Waals surface area contributed by atoms with Crippen molar-refractivity contribution >= 4 is 29.4 Å². The fourth-order valence-electron chi connectivity index (χ4n) is 3.63. The highest BCUT2D eigenvalue weighted by Gasteiger charge is 2.32. The Morgan fingerprint density at radius 1 is 0.906 bits per heavy atom. The van der Waals surface area contributed by atoms with Crippen LogP contribution in [0.3, 0.4) is 0 Å².